The lowest BCUT2D eigenvalue weighted by atomic mass is 10.0. The zero-order valence-electron chi connectivity index (χ0n) is 11.1. The van der Waals surface area contributed by atoms with Crippen molar-refractivity contribution >= 4 is 15.9 Å². The van der Waals surface area contributed by atoms with Gasteiger partial charge >= 0.3 is 0 Å². The highest BCUT2D eigenvalue weighted by Crippen LogP contribution is 2.24. The third-order valence-electron chi connectivity index (χ3n) is 3.13. The van der Waals surface area contributed by atoms with Crippen LogP contribution in [0.5, 0.6) is 0 Å². The summed E-state index contributed by atoms with van der Waals surface area (Å²) in [6.07, 6.45) is 3.96. The van der Waals surface area contributed by atoms with Crippen LogP contribution in [0.4, 0.5) is 0 Å². The van der Waals surface area contributed by atoms with E-state index in [0.717, 1.165) is 29.6 Å². The highest BCUT2D eigenvalue weighted by Gasteiger charge is 2.14. The van der Waals surface area contributed by atoms with E-state index in [1.54, 1.807) is 0 Å². The van der Waals surface area contributed by atoms with Crippen LogP contribution in [0.15, 0.2) is 53.1 Å². The van der Waals surface area contributed by atoms with Gasteiger partial charge in [-0.1, -0.05) is 37.3 Å². The number of aromatic nitrogens is 1. The average Bonchev–Trinajstić information content (AvgIpc) is 2.45. The van der Waals surface area contributed by atoms with E-state index in [1.807, 2.05) is 12.3 Å². The quantitative estimate of drug-likeness (QED) is 0.866. The lowest BCUT2D eigenvalue weighted by Gasteiger charge is -2.18. The summed E-state index contributed by atoms with van der Waals surface area (Å²) in [5.74, 6) is 0. The molecule has 0 fully saturated rings. The Kier molecular flexibility index (Phi) is 5.55. The molecule has 1 aromatic heterocycles. The van der Waals surface area contributed by atoms with Gasteiger partial charge in [0.1, 0.15) is 0 Å². The molecule has 2 rings (SSSR count). The summed E-state index contributed by atoms with van der Waals surface area (Å²) in [6.45, 7) is 3.08. The standard InChI is InChI=1S/C16H19BrN2/c1-2-18-15(16-14(17)9-6-12-19-16)11-10-13-7-4-3-5-8-13/h3-9,12,15,18H,2,10-11H2,1H3. The number of benzene rings is 1. The van der Waals surface area contributed by atoms with Crippen molar-refractivity contribution in [3.8, 4) is 0 Å². The van der Waals surface area contributed by atoms with Crippen molar-refractivity contribution < 1.29 is 0 Å². The van der Waals surface area contributed by atoms with E-state index >= 15 is 0 Å². The van der Waals surface area contributed by atoms with Crippen molar-refractivity contribution in [2.24, 2.45) is 0 Å². The normalized spacial score (nSPS) is 12.3. The third kappa shape index (κ3) is 4.15. The van der Waals surface area contributed by atoms with Gasteiger partial charge in [-0.3, -0.25) is 4.98 Å². The molecular weight excluding hydrogens is 300 g/mol. The lowest BCUT2D eigenvalue weighted by molar-refractivity contribution is 0.502. The zero-order chi connectivity index (χ0) is 13.5. The van der Waals surface area contributed by atoms with Gasteiger partial charge in [0.15, 0.2) is 0 Å². The number of nitrogens with one attached hydrogen (secondary N) is 1. The zero-order valence-corrected chi connectivity index (χ0v) is 12.7. The Bertz CT molecular complexity index is 499. The number of nitrogens with zero attached hydrogens (tertiary/aromatic N) is 1. The number of rotatable bonds is 6. The molecule has 1 unspecified atom stereocenters. The molecule has 0 aliphatic heterocycles. The minimum atomic E-state index is 0.292. The van der Waals surface area contributed by atoms with Gasteiger partial charge in [-0.05, 0) is 53.0 Å². The van der Waals surface area contributed by atoms with Gasteiger partial charge in [0.2, 0.25) is 0 Å². The number of hydrogen-bond donors (Lipinski definition) is 1. The Hall–Kier alpha value is -1.19. The Labute approximate surface area is 123 Å². The number of hydrogen-bond acceptors (Lipinski definition) is 2. The fourth-order valence-electron chi connectivity index (χ4n) is 2.19. The molecule has 3 heteroatoms. The summed E-state index contributed by atoms with van der Waals surface area (Å²) in [5.41, 5.74) is 2.47. The highest BCUT2D eigenvalue weighted by atomic mass is 79.9. The maximum atomic E-state index is 4.50. The molecule has 0 bridgehead atoms. The average molecular weight is 319 g/mol. The molecule has 0 radical (unpaired) electrons. The Morgan fingerprint density at radius 2 is 1.95 bits per heavy atom. The van der Waals surface area contributed by atoms with Gasteiger partial charge in [-0.25, -0.2) is 0 Å². The van der Waals surface area contributed by atoms with Crippen molar-refractivity contribution in [3.63, 3.8) is 0 Å². The first-order valence-electron chi connectivity index (χ1n) is 6.69. The molecule has 1 atom stereocenters. The third-order valence-corrected chi connectivity index (χ3v) is 3.80. The summed E-state index contributed by atoms with van der Waals surface area (Å²) < 4.78 is 1.08. The molecule has 0 amide bonds. The Morgan fingerprint density at radius 3 is 2.63 bits per heavy atom. The minimum Gasteiger partial charge on any atom is -0.309 e. The number of pyridine rings is 1. The molecule has 1 aromatic carbocycles. The second kappa shape index (κ2) is 7.41. The van der Waals surface area contributed by atoms with Crippen molar-refractivity contribution in [2.45, 2.75) is 25.8 Å². The summed E-state index contributed by atoms with van der Waals surface area (Å²) >= 11 is 3.59. The van der Waals surface area contributed by atoms with Crippen LogP contribution in [0, 0.1) is 0 Å². The maximum absolute atomic E-state index is 4.50. The van der Waals surface area contributed by atoms with E-state index in [4.69, 9.17) is 0 Å². The van der Waals surface area contributed by atoms with Gasteiger partial charge in [-0.15, -0.1) is 0 Å². The van der Waals surface area contributed by atoms with Gasteiger partial charge in [-0.2, -0.15) is 0 Å². The van der Waals surface area contributed by atoms with E-state index in [-0.39, 0.29) is 0 Å². The first-order chi connectivity index (χ1) is 9.31. The molecule has 0 aliphatic carbocycles. The smallest absolute Gasteiger partial charge is 0.0714 e. The van der Waals surface area contributed by atoms with Crippen molar-refractivity contribution in [1.82, 2.24) is 10.3 Å². The monoisotopic (exact) mass is 318 g/mol. The van der Waals surface area contributed by atoms with Crippen molar-refractivity contribution in [1.29, 1.82) is 0 Å². The lowest BCUT2D eigenvalue weighted by Crippen LogP contribution is -2.22. The maximum Gasteiger partial charge on any atom is 0.0714 e. The van der Waals surface area contributed by atoms with E-state index in [9.17, 15) is 0 Å². The molecule has 2 aromatic rings. The Balaban J connectivity index is 2.07. The molecule has 0 aliphatic rings. The summed E-state index contributed by atoms with van der Waals surface area (Å²) in [7, 11) is 0. The fraction of sp³-hybridized carbons (Fsp3) is 0.312. The molecule has 0 spiro atoms. The Morgan fingerprint density at radius 1 is 1.16 bits per heavy atom. The van der Waals surface area contributed by atoms with Gasteiger partial charge in [0, 0.05) is 10.7 Å². The first kappa shape index (κ1) is 14.2. The van der Waals surface area contributed by atoms with Crippen molar-refractivity contribution in [3.05, 3.63) is 64.4 Å². The van der Waals surface area contributed by atoms with Gasteiger partial charge in [0.25, 0.3) is 0 Å². The predicted molar refractivity (Wildman–Crippen MR) is 83.1 cm³/mol. The second-order valence-corrected chi connectivity index (χ2v) is 5.36. The van der Waals surface area contributed by atoms with Gasteiger partial charge in [0.05, 0.1) is 11.7 Å². The van der Waals surface area contributed by atoms with E-state index in [2.05, 4.69) is 69.6 Å². The van der Waals surface area contributed by atoms with Crippen LogP contribution >= 0.6 is 15.9 Å². The van der Waals surface area contributed by atoms with E-state index in [1.165, 1.54) is 5.56 Å². The SMILES string of the molecule is CCNC(CCc1ccccc1)c1ncccc1Br. The van der Waals surface area contributed by atoms with Gasteiger partial charge < -0.3 is 5.32 Å². The number of aryl methyl sites for hydroxylation is 1. The molecule has 0 saturated carbocycles. The van der Waals surface area contributed by atoms with Crippen LogP contribution < -0.4 is 5.32 Å². The molecule has 100 valence electrons. The van der Waals surface area contributed by atoms with E-state index < -0.39 is 0 Å². The minimum absolute atomic E-state index is 0.292. The fourth-order valence-corrected chi connectivity index (χ4v) is 2.72. The van der Waals surface area contributed by atoms with Crippen LogP contribution in [0.25, 0.3) is 0 Å². The molecular formula is C16H19BrN2. The summed E-state index contributed by atoms with van der Waals surface area (Å²) in [4.78, 5) is 4.50. The van der Waals surface area contributed by atoms with Crippen LogP contribution in [-0.4, -0.2) is 11.5 Å². The largest absolute Gasteiger partial charge is 0.309 e. The van der Waals surface area contributed by atoms with Crippen LogP contribution in [0.3, 0.4) is 0 Å². The van der Waals surface area contributed by atoms with Crippen LogP contribution in [0.1, 0.15) is 30.6 Å². The molecule has 1 N–H and O–H groups in total. The van der Waals surface area contributed by atoms with Crippen LogP contribution in [0.2, 0.25) is 0 Å². The number of halogens is 1. The molecule has 2 nitrogen and oxygen atoms in total. The van der Waals surface area contributed by atoms with Crippen molar-refractivity contribution in [2.75, 3.05) is 6.54 Å². The molecule has 0 saturated heterocycles. The predicted octanol–water partition coefficient (Wildman–Crippen LogP) is 4.13. The molecule has 1 heterocycles. The molecule has 19 heavy (non-hydrogen) atoms. The second-order valence-electron chi connectivity index (χ2n) is 4.51. The highest BCUT2D eigenvalue weighted by molar-refractivity contribution is 9.10. The topological polar surface area (TPSA) is 24.9 Å². The van der Waals surface area contributed by atoms with Crippen LogP contribution in [-0.2, 0) is 6.42 Å². The van der Waals surface area contributed by atoms with E-state index in [0.29, 0.717) is 6.04 Å². The summed E-state index contributed by atoms with van der Waals surface area (Å²) in [6, 6.07) is 14.9. The summed E-state index contributed by atoms with van der Waals surface area (Å²) in [5, 5.41) is 3.52. The first-order valence-corrected chi connectivity index (χ1v) is 7.48.